The normalized spacial score (nSPS) is 25.8. The Morgan fingerprint density at radius 1 is 1.00 bits per heavy atom. The van der Waals surface area contributed by atoms with Crippen molar-refractivity contribution in [1.82, 2.24) is 15.1 Å². The molecule has 1 heterocycles. The van der Waals surface area contributed by atoms with Gasteiger partial charge < -0.3 is 5.32 Å². The van der Waals surface area contributed by atoms with Crippen molar-refractivity contribution < 1.29 is 22.8 Å². The van der Waals surface area contributed by atoms with E-state index < -0.39 is 23.7 Å². The van der Waals surface area contributed by atoms with Gasteiger partial charge in [0.05, 0.1) is 6.67 Å². The fraction of sp³-hybridized carbons (Fsp3) is 0.391. The molecule has 1 saturated heterocycles. The molecule has 2 aromatic carbocycles. The number of carbonyl (C=O) groups excluding carboxylic acids is 2. The minimum atomic E-state index is -4.97. The third kappa shape index (κ3) is 3.12. The van der Waals surface area contributed by atoms with Gasteiger partial charge in [0, 0.05) is 12.1 Å². The fourth-order valence-corrected chi connectivity index (χ4v) is 4.86. The quantitative estimate of drug-likeness (QED) is 0.728. The summed E-state index contributed by atoms with van der Waals surface area (Å²) in [6.45, 7) is -0.154. The number of urea groups is 1. The molecule has 3 amide bonds. The summed E-state index contributed by atoms with van der Waals surface area (Å²) in [6.07, 6.45) is -1.46. The minimum absolute atomic E-state index is 0.0121. The van der Waals surface area contributed by atoms with Gasteiger partial charge in [-0.2, -0.15) is 13.2 Å². The van der Waals surface area contributed by atoms with E-state index in [1.54, 1.807) is 6.07 Å². The molecule has 5 nitrogen and oxygen atoms in total. The van der Waals surface area contributed by atoms with Gasteiger partial charge in [-0.25, -0.2) is 9.69 Å². The van der Waals surface area contributed by atoms with E-state index in [1.807, 2.05) is 28.4 Å². The predicted molar refractivity (Wildman–Crippen MR) is 107 cm³/mol. The summed E-state index contributed by atoms with van der Waals surface area (Å²) >= 11 is 0. The summed E-state index contributed by atoms with van der Waals surface area (Å²) in [7, 11) is 0. The molecule has 2 fully saturated rings. The zero-order valence-corrected chi connectivity index (χ0v) is 16.7. The molecule has 1 N–H and O–H groups in total. The van der Waals surface area contributed by atoms with Crippen LogP contribution in [0.5, 0.6) is 0 Å². The molecule has 0 bridgehead atoms. The highest BCUT2D eigenvalue weighted by Crippen LogP contribution is 2.45. The van der Waals surface area contributed by atoms with E-state index in [0.29, 0.717) is 0 Å². The molecule has 0 spiro atoms. The van der Waals surface area contributed by atoms with Crippen molar-refractivity contribution >= 4 is 11.9 Å². The molecule has 2 unspecified atom stereocenters. The zero-order chi connectivity index (χ0) is 21.8. The Bertz CT molecular complexity index is 1020. The number of fused-ring (bicyclic) bond motifs is 1. The number of nitrogens with one attached hydrogen (secondary N) is 1. The number of halogens is 3. The zero-order valence-electron chi connectivity index (χ0n) is 16.7. The number of benzene rings is 2. The van der Waals surface area contributed by atoms with Crippen molar-refractivity contribution in [3.63, 3.8) is 0 Å². The Morgan fingerprint density at radius 2 is 1.68 bits per heavy atom. The number of aryl methyl sites for hydroxylation is 1. The van der Waals surface area contributed by atoms with Crippen LogP contribution in [0, 0.1) is 0 Å². The van der Waals surface area contributed by atoms with Gasteiger partial charge in [-0.3, -0.25) is 9.69 Å². The molecule has 31 heavy (non-hydrogen) atoms. The lowest BCUT2D eigenvalue weighted by Crippen LogP contribution is -2.56. The van der Waals surface area contributed by atoms with Gasteiger partial charge in [0.15, 0.2) is 0 Å². The van der Waals surface area contributed by atoms with Gasteiger partial charge >= 0.3 is 12.2 Å². The Hall–Kier alpha value is -2.87. The summed E-state index contributed by atoms with van der Waals surface area (Å²) in [5.74, 6) is -1.27. The molecule has 0 aromatic heterocycles. The molecule has 2 aliphatic carbocycles. The van der Waals surface area contributed by atoms with Gasteiger partial charge in [0.25, 0.3) is 5.91 Å². The second-order valence-corrected chi connectivity index (χ2v) is 8.42. The smallest absolute Gasteiger partial charge is 0.312 e. The van der Waals surface area contributed by atoms with Gasteiger partial charge in [-0.05, 0) is 42.4 Å². The molecular weight excluding hydrogens is 407 g/mol. The molecule has 0 radical (unpaired) electrons. The first kappa shape index (κ1) is 20.1. The second kappa shape index (κ2) is 7.09. The van der Waals surface area contributed by atoms with Crippen LogP contribution >= 0.6 is 0 Å². The van der Waals surface area contributed by atoms with Crippen LogP contribution in [0.25, 0.3) is 0 Å². The molecule has 1 aliphatic heterocycles. The van der Waals surface area contributed by atoms with Gasteiger partial charge in [0.1, 0.15) is 0 Å². The van der Waals surface area contributed by atoms with Crippen LogP contribution in [-0.4, -0.2) is 40.6 Å². The summed E-state index contributed by atoms with van der Waals surface area (Å²) in [5, 5.41) is 1.98. The third-order valence-corrected chi connectivity index (χ3v) is 6.56. The van der Waals surface area contributed by atoms with Crippen LogP contribution in [0.15, 0.2) is 54.6 Å². The molecule has 2 aromatic rings. The highest BCUT2D eigenvalue weighted by atomic mass is 19.4. The van der Waals surface area contributed by atoms with E-state index in [4.69, 9.17) is 0 Å². The minimum Gasteiger partial charge on any atom is -0.312 e. The lowest BCUT2D eigenvalue weighted by molar-refractivity contribution is -0.198. The largest absolute Gasteiger partial charge is 0.425 e. The molecule has 1 saturated carbocycles. The summed E-state index contributed by atoms with van der Waals surface area (Å²) in [6, 6.07) is 14.0. The lowest BCUT2D eigenvalue weighted by Gasteiger charge is -2.33. The van der Waals surface area contributed by atoms with E-state index in [1.165, 1.54) is 29.8 Å². The van der Waals surface area contributed by atoms with Crippen LogP contribution in [0.3, 0.4) is 0 Å². The maximum absolute atomic E-state index is 14.2. The van der Waals surface area contributed by atoms with Crippen LogP contribution < -0.4 is 5.32 Å². The van der Waals surface area contributed by atoms with Crippen molar-refractivity contribution in [2.45, 2.75) is 49.5 Å². The first-order chi connectivity index (χ1) is 14.8. The summed E-state index contributed by atoms with van der Waals surface area (Å²) in [4.78, 5) is 28.7. The number of nitrogens with zero attached hydrogens (tertiary/aromatic N) is 2. The van der Waals surface area contributed by atoms with E-state index in [9.17, 15) is 22.8 Å². The Labute approximate surface area is 177 Å². The Morgan fingerprint density at radius 3 is 2.35 bits per heavy atom. The monoisotopic (exact) mass is 429 g/mol. The predicted octanol–water partition coefficient (Wildman–Crippen LogP) is 4.11. The molecule has 3 aliphatic rings. The van der Waals surface area contributed by atoms with Crippen molar-refractivity contribution in [3.05, 3.63) is 71.3 Å². The topological polar surface area (TPSA) is 52.7 Å². The first-order valence-corrected chi connectivity index (χ1v) is 10.4. The number of hydrogen-bond acceptors (Lipinski definition) is 3. The van der Waals surface area contributed by atoms with Crippen molar-refractivity contribution in [2.24, 2.45) is 0 Å². The summed E-state index contributed by atoms with van der Waals surface area (Å²) < 4.78 is 42.7. The SMILES string of the molecule is O=C1NC(c2ccccc2)(C(F)(F)F)C(=O)N1CN(C1CC1)C1CCc2ccccc21. The van der Waals surface area contributed by atoms with Gasteiger partial charge in [0.2, 0.25) is 5.54 Å². The standard InChI is InChI=1S/C23H22F3N3O2/c24-23(25,26)22(16-7-2-1-3-8-16)20(30)29(21(31)27-22)14-28(17-11-12-17)19-13-10-15-6-4-5-9-18(15)19/h1-9,17,19H,10-14H2,(H,27,31). The summed E-state index contributed by atoms with van der Waals surface area (Å²) in [5.41, 5.74) is -1.00. The van der Waals surface area contributed by atoms with Gasteiger partial charge in [-0.15, -0.1) is 0 Å². The van der Waals surface area contributed by atoms with Crippen molar-refractivity contribution in [1.29, 1.82) is 0 Å². The number of amides is 3. The molecule has 8 heteroatoms. The number of alkyl halides is 3. The average molecular weight is 429 g/mol. The Kier molecular flexibility index (Phi) is 4.58. The van der Waals surface area contributed by atoms with Crippen molar-refractivity contribution in [2.75, 3.05) is 6.67 Å². The van der Waals surface area contributed by atoms with E-state index in [2.05, 4.69) is 6.07 Å². The number of carbonyl (C=O) groups is 2. The van der Waals surface area contributed by atoms with Crippen LogP contribution in [0.2, 0.25) is 0 Å². The molecule has 2 atom stereocenters. The van der Waals surface area contributed by atoms with Crippen LogP contribution in [-0.2, 0) is 16.8 Å². The number of rotatable bonds is 5. The van der Waals surface area contributed by atoms with Crippen LogP contribution in [0.4, 0.5) is 18.0 Å². The van der Waals surface area contributed by atoms with E-state index in [0.717, 1.165) is 36.1 Å². The van der Waals surface area contributed by atoms with E-state index >= 15 is 0 Å². The van der Waals surface area contributed by atoms with Crippen molar-refractivity contribution in [3.8, 4) is 0 Å². The third-order valence-electron chi connectivity index (χ3n) is 6.56. The maximum Gasteiger partial charge on any atom is 0.425 e. The maximum atomic E-state index is 14.2. The highest BCUT2D eigenvalue weighted by molar-refractivity contribution is 6.08. The number of hydrogen-bond donors (Lipinski definition) is 1. The lowest BCUT2D eigenvalue weighted by atomic mass is 9.89. The first-order valence-electron chi connectivity index (χ1n) is 10.4. The van der Waals surface area contributed by atoms with Crippen LogP contribution in [0.1, 0.15) is 42.0 Å². The van der Waals surface area contributed by atoms with Gasteiger partial charge in [-0.1, -0.05) is 54.6 Å². The molecule has 162 valence electrons. The highest BCUT2D eigenvalue weighted by Gasteiger charge is 2.68. The Balaban J connectivity index is 1.48. The average Bonchev–Trinajstić information content (AvgIpc) is 3.45. The number of imide groups is 1. The fourth-order valence-electron chi connectivity index (χ4n) is 4.86. The molecule has 5 rings (SSSR count). The molecular formula is C23H22F3N3O2. The van der Waals surface area contributed by atoms with E-state index in [-0.39, 0.29) is 24.3 Å². The second-order valence-electron chi connectivity index (χ2n) is 8.42.